The van der Waals surface area contributed by atoms with Gasteiger partial charge in [-0.3, -0.25) is 14.7 Å². The van der Waals surface area contributed by atoms with Crippen LogP contribution in [0, 0.1) is 5.82 Å². The maximum absolute atomic E-state index is 13.1. The number of hydrogen-bond donors (Lipinski definition) is 2. The monoisotopic (exact) mass is 419 g/mol. The maximum atomic E-state index is 13.1. The number of aliphatic hydroxyl groups is 1. The van der Waals surface area contributed by atoms with Crippen LogP contribution in [0.5, 0.6) is 0 Å². The topological polar surface area (TPSA) is 71.4 Å². The normalized spacial score (nSPS) is 19.6. The van der Waals surface area contributed by atoms with Gasteiger partial charge in [-0.15, -0.1) is 0 Å². The highest BCUT2D eigenvalue weighted by Gasteiger charge is 2.24. The van der Waals surface area contributed by atoms with E-state index >= 15 is 0 Å². The molecule has 1 atom stereocenters. The van der Waals surface area contributed by atoms with E-state index in [4.69, 9.17) is 0 Å². The first kappa shape index (κ1) is 22.5. The zero-order valence-electron chi connectivity index (χ0n) is 17.9. The summed E-state index contributed by atoms with van der Waals surface area (Å²) in [4.78, 5) is 23.5. The lowest BCUT2D eigenvalue weighted by Crippen LogP contribution is -2.54. The molecule has 30 heavy (non-hydrogen) atoms. The molecule has 7 nitrogen and oxygen atoms in total. The summed E-state index contributed by atoms with van der Waals surface area (Å²) in [5.74, 6) is 0.686. The molecule has 2 saturated heterocycles. The molecular weight excluding hydrogens is 385 g/mol. The van der Waals surface area contributed by atoms with E-state index in [1.54, 1.807) is 12.1 Å². The van der Waals surface area contributed by atoms with Crippen molar-refractivity contribution in [1.29, 1.82) is 0 Å². The van der Waals surface area contributed by atoms with Crippen molar-refractivity contribution in [2.24, 2.45) is 4.99 Å². The summed E-state index contributed by atoms with van der Waals surface area (Å²) in [5.41, 5.74) is 0.650. The molecule has 0 spiro atoms. The zero-order chi connectivity index (χ0) is 21.3. The van der Waals surface area contributed by atoms with Gasteiger partial charge in [0.1, 0.15) is 5.82 Å². The summed E-state index contributed by atoms with van der Waals surface area (Å²) >= 11 is 0. The molecule has 2 heterocycles. The minimum absolute atomic E-state index is 0.210. The van der Waals surface area contributed by atoms with Crippen LogP contribution in [-0.2, 0) is 4.79 Å². The number of nitrogens with one attached hydrogen (secondary N) is 1. The summed E-state index contributed by atoms with van der Waals surface area (Å²) in [7, 11) is 0. The number of benzene rings is 1. The minimum atomic E-state index is -0.775. The highest BCUT2D eigenvalue weighted by Crippen LogP contribution is 2.14. The van der Waals surface area contributed by atoms with Crippen molar-refractivity contribution in [2.45, 2.75) is 32.3 Å². The fourth-order valence-electron chi connectivity index (χ4n) is 3.94. The summed E-state index contributed by atoms with van der Waals surface area (Å²) in [6, 6.07) is 5.86. The predicted molar refractivity (Wildman–Crippen MR) is 116 cm³/mol. The van der Waals surface area contributed by atoms with Gasteiger partial charge in [0.05, 0.1) is 19.2 Å². The third kappa shape index (κ3) is 6.40. The largest absolute Gasteiger partial charge is 0.386 e. The lowest BCUT2D eigenvalue weighted by atomic mass is 10.1. The molecule has 166 valence electrons. The van der Waals surface area contributed by atoms with Gasteiger partial charge in [-0.05, 0) is 43.9 Å². The molecule has 0 aliphatic carbocycles. The number of carbonyl (C=O) groups is 1. The second-order valence-electron chi connectivity index (χ2n) is 7.97. The van der Waals surface area contributed by atoms with Crippen LogP contribution in [0.25, 0.3) is 0 Å². The van der Waals surface area contributed by atoms with Gasteiger partial charge < -0.3 is 20.2 Å². The Balaban J connectivity index is 1.50. The van der Waals surface area contributed by atoms with Crippen LogP contribution in [0.2, 0.25) is 0 Å². The van der Waals surface area contributed by atoms with Gasteiger partial charge in [0.15, 0.2) is 5.96 Å². The number of aliphatic imine (C=N–C) groups is 1. The van der Waals surface area contributed by atoms with E-state index in [1.807, 2.05) is 11.8 Å². The lowest BCUT2D eigenvalue weighted by Gasteiger charge is -2.37. The van der Waals surface area contributed by atoms with Crippen LogP contribution in [0.15, 0.2) is 29.3 Å². The Morgan fingerprint density at radius 1 is 1.07 bits per heavy atom. The molecule has 0 aromatic heterocycles. The fourth-order valence-corrected chi connectivity index (χ4v) is 3.94. The quantitative estimate of drug-likeness (QED) is 0.540. The average Bonchev–Trinajstić information content (AvgIpc) is 2.78. The molecule has 2 fully saturated rings. The van der Waals surface area contributed by atoms with Crippen LogP contribution < -0.4 is 5.32 Å². The van der Waals surface area contributed by atoms with Gasteiger partial charge in [-0.1, -0.05) is 12.1 Å². The number of likely N-dealkylation sites (tertiary alicyclic amines) is 1. The van der Waals surface area contributed by atoms with E-state index < -0.39 is 6.10 Å². The van der Waals surface area contributed by atoms with Gasteiger partial charge in [0.25, 0.3) is 0 Å². The Hall–Kier alpha value is -2.19. The summed E-state index contributed by atoms with van der Waals surface area (Å²) in [6.45, 7) is 8.43. The summed E-state index contributed by atoms with van der Waals surface area (Å²) in [6.07, 6.45) is 2.69. The van der Waals surface area contributed by atoms with Crippen LogP contribution in [-0.4, -0.2) is 90.6 Å². The Kier molecular flexibility index (Phi) is 8.45. The molecule has 2 aliphatic rings. The van der Waals surface area contributed by atoms with E-state index in [9.17, 15) is 14.3 Å². The van der Waals surface area contributed by atoms with Gasteiger partial charge in [-0.25, -0.2) is 4.39 Å². The summed E-state index contributed by atoms with van der Waals surface area (Å²) in [5, 5.41) is 13.7. The Morgan fingerprint density at radius 2 is 1.73 bits per heavy atom. The van der Waals surface area contributed by atoms with Crippen LogP contribution in [0.1, 0.15) is 37.9 Å². The number of aliphatic hydroxyl groups excluding tert-OH is 1. The second-order valence-corrected chi connectivity index (χ2v) is 7.97. The van der Waals surface area contributed by atoms with E-state index in [2.05, 4.69) is 20.1 Å². The first-order chi connectivity index (χ1) is 14.6. The standard InChI is InChI=1S/C22H34FN5O2/c1-2-24-22(25-16-20(29)18-6-8-19(23)9-7-18)28-14-12-26(13-15-28)17-21(30)27-10-4-3-5-11-27/h6-9,20,29H,2-5,10-17H2,1H3,(H,24,25). The molecule has 1 aromatic rings. The summed E-state index contributed by atoms with van der Waals surface area (Å²) < 4.78 is 13.1. The third-order valence-corrected chi connectivity index (χ3v) is 5.74. The molecule has 8 heteroatoms. The van der Waals surface area contributed by atoms with Gasteiger partial charge in [0, 0.05) is 45.8 Å². The van der Waals surface area contributed by atoms with Crippen molar-refractivity contribution in [1.82, 2.24) is 20.0 Å². The molecule has 0 saturated carbocycles. The average molecular weight is 420 g/mol. The van der Waals surface area contributed by atoms with E-state index in [-0.39, 0.29) is 18.3 Å². The van der Waals surface area contributed by atoms with Crippen LogP contribution in [0.3, 0.4) is 0 Å². The van der Waals surface area contributed by atoms with Crippen LogP contribution in [0.4, 0.5) is 4.39 Å². The first-order valence-corrected chi connectivity index (χ1v) is 11.0. The molecular formula is C22H34FN5O2. The molecule has 1 amide bonds. The third-order valence-electron chi connectivity index (χ3n) is 5.74. The molecule has 2 aliphatic heterocycles. The number of guanidine groups is 1. The van der Waals surface area contributed by atoms with Gasteiger partial charge in [0.2, 0.25) is 5.91 Å². The van der Waals surface area contributed by atoms with Crippen molar-refractivity contribution in [3.63, 3.8) is 0 Å². The van der Waals surface area contributed by atoms with Crippen molar-refractivity contribution in [3.8, 4) is 0 Å². The molecule has 0 radical (unpaired) electrons. The second kappa shape index (κ2) is 11.3. The van der Waals surface area contributed by atoms with E-state index in [0.29, 0.717) is 12.1 Å². The number of carbonyl (C=O) groups excluding carboxylic acids is 1. The first-order valence-electron chi connectivity index (χ1n) is 11.0. The Bertz CT molecular complexity index is 698. The van der Waals surface area contributed by atoms with Crippen molar-refractivity contribution >= 4 is 11.9 Å². The number of piperidine rings is 1. The molecule has 1 aromatic carbocycles. The van der Waals surface area contributed by atoms with Crippen molar-refractivity contribution < 1.29 is 14.3 Å². The highest BCUT2D eigenvalue weighted by atomic mass is 19.1. The molecule has 3 rings (SSSR count). The SMILES string of the molecule is CCNC(=NCC(O)c1ccc(F)cc1)N1CCN(CC(=O)N2CCCCC2)CC1. The maximum Gasteiger partial charge on any atom is 0.236 e. The number of hydrogen-bond acceptors (Lipinski definition) is 4. The Labute approximate surface area is 178 Å². The molecule has 1 unspecified atom stereocenters. The number of rotatable bonds is 6. The fraction of sp³-hybridized carbons (Fsp3) is 0.636. The molecule has 0 bridgehead atoms. The molecule has 2 N–H and O–H groups in total. The van der Waals surface area contributed by atoms with Crippen LogP contribution >= 0.6 is 0 Å². The minimum Gasteiger partial charge on any atom is -0.386 e. The van der Waals surface area contributed by atoms with E-state index in [1.165, 1.54) is 18.6 Å². The smallest absolute Gasteiger partial charge is 0.236 e. The number of amides is 1. The number of halogens is 1. The predicted octanol–water partition coefficient (Wildman–Crippen LogP) is 1.45. The lowest BCUT2D eigenvalue weighted by molar-refractivity contribution is -0.133. The van der Waals surface area contributed by atoms with E-state index in [0.717, 1.165) is 64.6 Å². The number of nitrogens with zero attached hydrogens (tertiary/aromatic N) is 4. The zero-order valence-corrected chi connectivity index (χ0v) is 17.9. The highest BCUT2D eigenvalue weighted by molar-refractivity contribution is 5.80. The van der Waals surface area contributed by atoms with Gasteiger partial charge >= 0.3 is 0 Å². The van der Waals surface area contributed by atoms with Crippen molar-refractivity contribution in [2.75, 3.05) is 58.9 Å². The Morgan fingerprint density at radius 3 is 2.37 bits per heavy atom. The number of piperazine rings is 1. The van der Waals surface area contributed by atoms with Gasteiger partial charge in [-0.2, -0.15) is 0 Å². The van der Waals surface area contributed by atoms with Crippen molar-refractivity contribution in [3.05, 3.63) is 35.6 Å².